The van der Waals surface area contributed by atoms with Gasteiger partial charge in [0.25, 0.3) is 0 Å². The standard InChI is InChI=1S/C58H36N4S/c1-2-14-39(15-3-1)58-59-50(38-28-26-37(27-29-38)40-30-31-57-49(34-40)48-20-8-13-25-56(48)63-57)36-51(60-58)41-32-42(61-52-21-9-4-16-44(52)45-17-5-10-22-53(45)61)35-43(33-41)62-54-23-11-6-18-46(54)47-19-7-12-24-55(47)62/h1-36H. The summed E-state index contributed by atoms with van der Waals surface area (Å²) in [5.74, 6) is 0.683. The highest BCUT2D eigenvalue weighted by Gasteiger charge is 2.19. The maximum atomic E-state index is 5.38. The summed E-state index contributed by atoms with van der Waals surface area (Å²) >= 11 is 1.85. The van der Waals surface area contributed by atoms with Gasteiger partial charge in [-0.05, 0) is 77.9 Å². The molecule has 4 heterocycles. The predicted octanol–water partition coefficient (Wildman–Crippen LogP) is 15.7. The van der Waals surface area contributed by atoms with Crippen LogP contribution >= 0.6 is 11.3 Å². The van der Waals surface area contributed by atoms with Gasteiger partial charge in [0.2, 0.25) is 0 Å². The Labute approximate surface area is 367 Å². The summed E-state index contributed by atoms with van der Waals surface area (Å²) in [5.41, 5.74) is 13.8. The van der Waals surface area contributed by atoms with Gasteiger partial charge in [-0.15, -0.1) is 11.3 Å². The fourth-order valence-electron chi connectivity index (χ4n) is 9.60. The van der Waals surface area contributed by atoms with Crippen molar-refractivity contribution in [1.29, 1.82) is 0 Å². The van der Waals surface area contributed by atoms with Crippen molar-refractivity contribution < 1.29 is 0 Å². The summed E-state index contributed by atoms with van der Waals surface area (Å²) in [5, 5.41) is 7.49. The monoisotopic (exact) mass is 820 g/mol. The van der Waals surface area contributed by atoms with Crippen molar-refractivity contribution >= 4 is 75.1 Å². The van der Waals surface area contributed by atoms with Crippen molar-refractivity contribution in [1.82, 2.24) is 19.1 Å². The Kier molecular flexibility index (Phi) is 8.05. The fraction of sp³-hybridized carbons (Fsp3) is 0. The summed E-state index contributed by atoms with van der Waals surface area (Å²) in [4.78, 5) is 10.6. The maximum absolute atomic E-state index is 5.38. The van der Waals surface area contributed by atoms with E-state index in [9.17, 15) is 0 Å². The SMILES string of the molecule is c1ccc(-c2nc(-c3ccc(-c4ccc5sc6ccccc6c5c4)cc3)cc(-c3cc(-n4c5ccccc5c5ccccc54)cc(-n4c5ccccc5c5ccccc54)c3)n2)cc1. The molecule has 294 valence electrons. The molecule has 0 fully saturated rings. The molecule has 0 N–H and O–H groups in total. The number of benzene rings is 9. The molecule has 4 aromatic heterocycles. The summed E-state index contributed by atoms with van der Waals surface area (Å²) in [6.07, 6.45) is 0. The predicted molar refractivity (Wildman–Crippen MR) is 265 cm³/mol. The van der Waals surface area contributed by atoms with Crippen LogP contribution in [-0.4, -0.2) is 19.1 Å². The van der Waals surface area contributed by atoms with E-state index >= 15 is 0 Å². The maximum Gasteiger partial charge on any atom is 0.160 e. The van der Waals surface area contributed by atoms with Crippen LogP contribution in [0.2, 0.25) is 0 Å². The van der Waals surface area contributed by atoms with Crippen LogP contribution in [0.15, 0.2) is 218 Å². The highest BCUT2D eigenvalue weighted by Crippen LogP contribution is 2.40. The first-order valence-electron chi connectivity index (χ1n) is 21.3. The van der Waals surface area contributed by atoms with Crippen molar-refractivity contribution in [2.24, 2.45) is 0 Å². The number of rotatable bonds is 6. The fourth-order valence-corrected chi connectivity index (χ4v) is 10.7. The van der Waals surface area contributed by atoms with E-state index in [1.54, 1.807) is 0 Å². The number of aromatic nitrogens is 4. The average Bonchev–Trinajstić information content (AvgIpc) is 4.02. The molecule has 63 heavy (non-hydrogen) atoms. The zero-order valence-corrected chi connectivity index (χ0v) is 34.8. The number of fused-ring (bicyclic) bond motifs is 9. The third kappa shape index (κ3) is 5.82. The molecule has 0 unspecified atom stereocenters. The number of para-hydroxylation sites is 4. The van der Waals surface area contributed by atoms with Gasteiger partial charge in [0.15, 0.2) is 5.82 Å². The molecule has 5 heteroatoms. The molecule has 9 aromatic carbocycles. The van der Waals surface area contributed by atoms with Gasteiger partial charge in [-0.25, -0.2) is 9.97 Å². The normalized spacial score (nSPS) is 11.8. The Morgan fingerprint density at radius 1 is 0.286 bits per heavy atom. The van der Waals surface area contributed by atoms with Crippen LogP contribution in [0.4, 0.5) is 0 Å². The minimum atomic E-state index is 0.683. The van der Waals surface area contributed by atoms with Crippen LogP contribution in [-0.2, 0) is 0 Å². The molecular weight excluding hydrogens is 785 g/mol. The first-order chi connectivity index (χ1) is 31.2. The average molecular weight is 821 g/mol. The lowest BCUT2D eigenvalue weighted by Gasteiger charge is -2.16. The largest absolute Gasteiger partial charge is 0.309 e. The highest BCUT2D eigenvalue weighted by atomic mass is 32.1. The third-order valence-electron chi connectivity index (χ3n) is 12.5. The quantitative estimate of drug-likeness (QED) is 0.167. The minimum absolute atomic E-state index is 0.683. The molecule has 0 aliphatic rings. The van der Waals surface area contributed by atoms with E-state index in [0.29, 0.717) is 5.82 Å². The van der Waals surface area contributed by atoms with Crippen LogP contribution in [0.1, 0.15) is 0 Å². The van der Waals surface area contributed by atoms with Crippen molar-refractivity contribution in [3.8, 4) is 56.4 Å². The van der Waals surface area contributed by atoms with E-state index in [-0.39, 0.29) is 0 Å². The van der Waals surface area contributed by atoms with E-state index in [0.717, 1.165) is 61.5 Å². The van der Waals surface area contributed by atoms with E-state index in [4.69, 9.17) is 9.97 Å². The topological polar surface area (TPSA) is 35.6 Å². The third-order valence-corrected chi connectivity index (χ3v) is 13.7. The first kappa shape index (κ1) is 35.6. The second-order valence-electron chi connectivity index (χ2n) is 16.2. The number of thiophene rings is 1. The van der Waals surface area contributed by atoms with Crippen molar-refractivity contribution in [2.75, 3.05) is 0 Å². The molecule has 4 nitrogen and oxygen atoms in total. The van der Waals surface area contributed by atoms with E-state index < -0.39 is 0 Å². The molecule has 0 aliphatic heterocycles. The van der Waals surface area contributed by atoms with Gasteiger partial charge in [0.05, 0.1) is 33.5 Å². The summed E-state index contributed by atoms with van der Waals surface area (Å²) < 4.78 is 7.43. The van der Waals surface area contributed by atoms with Crippen molar-refractivity contribution in [2.45, 2.75) is 0 Å². The van der Waals surface area contributed by atoms with Gasteiger partial charge < -0.3 is 9.13 Å². The number of hydrogen-bond acceptors (Lipinski definition) is 3. The summed E-state index contributed by atoms with van der Waals surface area (Å²) in [6.45, 7) is 0. The highest BCUT2D eigenvalue weighted by molar-refractivity contribution is 7.25. The Balaban J connectivity index is 1.02. The Morgan fingerprint density at radius 2 is 0.730 bits per heavy atom. The lowest BCUT2D eigenvalue weighted by molar-refractivity contribution is 1.13. The van der Waals surface area contributed by atoms with Crippen molar-refractivity contribution in [3.05, 3.63) is 218 Å². The molecule has 0 saturated carbocycles. The second kappa shape index (κ2) is 14.2. The summed E-state index contributed by atoms with van der Waals surface area (Å²) in [6, 6.07) is 78.6. The number of nitrogens with zero attached hydrogens (tertiary/aromatic N) is 4. The molecule has 0 amide bonds. The van der Waals surface area contributed by atoms with Gasteiger partial charge in [0, 0.05) is 69.8 Å². The lowest BCUT2D eigenvalue weighted by atomic mass is 10.00. The van der Waals surface area contributed by atoms with Crippen LogP contribution in [0.25, 0.3) is 120 Å². The molecule has 0 saturated heterocycles. The van der Waals surface area contributed by atoms with Gasteiger partial charge >= 0.3 is 0 Å². The van der Waals surface area contributed by atoms with Gasteiger partial charge in [0.1, 0.15) is 0 Å². The van der Waals surface area contributed by atoms with Crippen LogP contribution in [0.3, 0.4) is 0 Å². The molecule has 0 atom stereocenters. The van der Waals surface area contributed by atoms with Crippen molar-refractivity contribution in [3.63, 3.8) is 0 Å². The van der Waals surface area contributed by atoms with E-state index in [1.807, 2.05) is 17.4 Å². The summed E-state index contributed by atoms with van der Waals surface area (Å²) in [7, 11) is 0. The van der Waals surface area contributed by atoms with Crippen LogP contribution in [0, 0.1) is 0 Å². The minimum Gasteiger partial charge on any atom is -0.309 e. The zero-order valence-electron chi connectivity index (χ0n) is 34.0. The zero-order chi connectivity index (χ0) is 41.4. The first-order valence-corrected chi connectivity index (χ1v) is 22.1. The molecule has 13 aromatic rings. The Bertz CT molecular complexity index is 3670. The molecular formula is C58H36N4S. The van der Waals surface area contributed by atoms with E-state index in [2.05, 4.69) is 221 Å². The lowest BCUT2D eigenvalue weighted by Crippen LogP contribution is -2.01. The molecule has 0 spiro atoms. The van der Waals surface area contributed by atoms with Gasteiger partial charge in [-0.1, -0.05) is 152 Å². The van der Waals surface area contributed by atoms with E-state index in [1.165, 1.54) is 52.8 Å². The van der Waals surface area contributed by atoms with Crippen LogP contribution in [0.5, 0.6) is 0 Å². The van der Waals surface area contributed by atoms with Crippen LogP contribution < -0.4 is 0 Å². The number of hydrogen-bond donors (Lipinski definition) is 0. The van der Waals surface area contributed by atoms with Gasteiger partial charge in [-0.2, -0.15) is 0 Å². The second-order valence-corrected chi connectivity index (χ2v) is 17.3. The Morgan fingerprint density at radius 3 is 1.30 bits per heavy atom. The Hall–Kier alpha value is -8.12. The smallest absolute Gasteiger partial charge is 0.160 e. The molecule has 0 aliphatic carbocycles. The molecule has 0 radical (unpaired) electrons. The molecule has 0 bridgehead atoms. The molecule has 13 rings (SSSR count). The van der Waals surface area contributed by atoms with Gasteiger partial charge in [-0.3, -0.25) is 0 Å².